The molecule has 5 nitrogen and oxygen atoms in total. The number of hydrogen-bond donors (Lipinski definition) is 2. The minimum absolute atomic E-state index is 0.00476. The lowest BCUT2D eigenvalue weighted by Crippen LogP contribution is -2.43. The van der Waals surface area contributed by atoms with E-state index < -0.39 is 41.2 Å². The summed E-state index contributed by atoms with van der Waals surface area (Å²) in [4.78, 5) is 20.2. The minimum Gasteiger partial charge on any atom is -0.382 e. The lowest BCUT2D eigenvalue weighted by atomic mass is 9.95. The molecule has 1 amide bonds. The van der Waals surface area contributed by atoms with Gasteiger partial charge in [-0.05, 0) is 42.3 Å². The fraction of sp³-hybridized carbons (Fsp3) is 0.190. The molecule has 0 saturated heterocycles. The molecular formula is C21H15F7N4O. The van der Waals surface area contributed by atoms with Crippen molar-refractivity contribution < 1.29 is 35.5 Å². The van der Waals surface area contributed by atoms with Gasteiger partial charge in [0, 0.05) is 11.1 Å². The van der Waals surface area contributed by atoms with Crippen LogP contribution in [0.5, 0.6) is 0 Å². The van der Waals surface area contributed by atoms with Crippen LogP contribution < -0.4 is 11.1 Å². The summed E-state index contributed by atoms with van der Waals surface area (Å²) in [5.41, 5.74) is 3.39. The summed E-state index contributed by atoms with van der Waals surface area (Å²) in [6, 6.07) is 3.12. The molecule has 33 heavy (non-hydrogen) atoms. The Bertz CT molecular complexity index is 1170. The minimum atomic E-state index is -4.86. The van der Waals surface area contributed by atoms with Crippen molar-refractivity contribution in [3.8, 4) is 22.4 Å². The van der Waals surface area contributed by atoms with E-state index in [9.17, 15) is 35.5 Å². The molecule has 0 aliphatic rings. The number of nitrogens with zero attached hydrogens (tertiary/aromatic N) is 2. The van der Waals surface area contributed by atoms with Crippen LogP contribution in [0.4, 0.5) is 36.6 Å². The first-order valence-corrected chi connectivity index (χ1v) is 9.24. The number of nitrogen functional groups attached to an aromatic ring is 1. The summed E-state index contributed by atoms with van der Waals surface area (Å²) in [6.45, 7) is 0.646. The molecule has 3 rings (SSSR count). The van der Waals surface area contributed by atoms with Crippen molar-refractivity contribution in [2.75, 3.05) is 5.73 Å². The summed E-state index contributed by atoms with van der Waals surface area (Å²) in [5.74, 6) is -2.14. The maximum Gasteiger partial charge on any atom is 0.416 e. The Morgan fingerprint density at radius 2 is 1.64 bits per heavy atom. The van der Waals surface area contributed by atoms with Gasteiger partial charge in [-0.2, -0.15) is 26.3 Å². The molecule has 0 saturated carbocycles. The van der Waals surface area contributed by atoms with E-state index in [0.29, 0.717) is 19.1 Å². The molecule has 2 aromatic carbocycles. The molecule has 1 atom stereocenters. The summed E-state index contributed by atoms with van der Waals surface area (Å²) in [6.07, 6.45) is -7.26. The van der Waals surface area contributed by atoms with E-state index in [1.807, 2.05) is 0 Å². The van der Waals surface area contributed by atoms with Crippen molar-refractivity contribution in [2.45, 2.75) is 25.3 Å². The van der Waals surface area contributed by atoms with E-state index in [1.165, 1.54) is 24.5 Å². The number of carbonyl (C=O) groups is 1. The SMILES string of the molecule is C[C@H](NC(=O)c1cc(C(F)(F)F)ccc1-c1ccc(-c2cnc(N)cn2)c(F)c1)C(F)(F)F. The Balaban J connectivity index is 2.07. The molecule has 1 heterocycles. The molecule has 0 aliphatic heterocycles. The van der Waals surface area contributed by atoms with E-state index in [4.69, 9.17) is 5.73 Å². The smallest absolute Gasteiger partial charge is 0.382 e. The first kappa shape index (κ1) is 24.0. The fourth-order valence-corrected chi connectivity index (χ4v) is 2.88. The zero-order valence-corrected chi connectivity index (χ0v) is 16.7. The second kappa shape index (κ2) is 8.68. The van der Waals surface area contributed by atoms with Crippen LogP contribution >= 0.6 is 0 Å². The van der Waals surface area contributed by atoms with Gasteiger partial charge in [0.05, 0.1) is 23.7 Å². The monoisotopic (exact) mass is 472 g/mol. The van der Waals surface area contributed by atoms with E-state index in [2.05, 4.69) is 9.97 Å². The van der Waals surface area contributed by atoms with Gasteiger partial charge in [-0.15, -0.1) is 0 Å². The Hall–Kier alpha value is -3.70. The van der Waals surface area contributed by atoms with E-state index in [-0.39, 0.29) is 28.2 Å². The van der Waals surface area contributed by atoms with E-state index >= 15 is 0 Å². The van der Waals surface area contributed by atoms with Crippen LogP contribution in [0.15, 0.2) is 48.8 Å². The maximum absolute atomic E-state index is 14.8. The lowest BCUT2D eigenvalue weighted by Gasteiger charge is -2.19. The van der Waals surface area contributed by atoms with Gasteiger partial charge in [-0.1, -0.05) is 12.1 Å². The summed E-state index contributed by atoms with van der Waals surface area (Å²) in [5, 5.41) is 1.63. The number of amides is 1. The number of benzene rings is 2. The molecular weight excluding hydrogens is 457 g/mol. The zero-order chi connectivity index (χ0) is 24.6. The standard InChI is InChI=1S/C21H15F7N4O/c1-10(20(23,24)25)32-19(33)15-7-12(21(26,27)28)3-5-13(15)11-2-4-14(16(22)6-11)17-8-31-18(29)9-30-17/h2-10H,1H3,(H2,29,31)(H,32,33)/t10-/m0/s1. The number of anilines is 1. The molecule has 0 spiro atoms. The van der Waals surface area contributed by atoms with Gasteiger partial charge < -0.3 is 11.1 Å². The molecule has 174 valence electrons. The molecule has 0 aliphatic carbocycles. The molecule has 1 aromatic heterocycles. The number of nitrogens with two attached hydrogens (primary N) is 1. The highest BCUT2D eigenvalue weighted by atomic mass is 19.4. The van der Waals surface area contributed by atoms with Crippen LogP contribution in [0.25, 0.3) is 22.4 Å². The van der Waals surface area contributed by atoms with Gasteiger partial charge >= 0.3 is 12.4 Å². The number of nitrogens with one attached hydrogen (secondary N) is 1. The van der Waals surface area contributed by atoms with Crippen molar-refractivity contribution >= 4 is 11.7 Å². The van der Waals surface area contributed by atoms with Crippen molar-refractivity contribution in [2.24, 2.45) is 0 Å². The first-order valence-electron chi connectivity index (χ1n) is 9.24. The van der Waals surface area contributed by atoms with Crippen LogP contribution in [0.1, 0.15) is 22.8 Å². The quantitative estimate of drug-likeness (QED) is 0.510. The van der Waals surface area contributed by atoms with Gasteiger partial charge in [-0.3, -0.25) is 9.78 Å². The van der Waals surface area contributed by atoms with Crippen molar-refractivity contribution in [3.63, 3.8) is 0 Å². The molecule has 3 N–H and O–H groups in total. The molecule has 0 unspecified atom stereocenters. The Kier molecular flexibility index (Phi) is 6.30. The van der Waals surface area contributed by atoms with Gasteiger partial charge in [0.1, 0.15) is 17.7 Å². The lowest BCUT2D eigenvalue weighted by molar-refractivity contribution is -0.149. The fourth-order valence-electron chi connectivity index (χ4n) is 2.88. The topological polar surface area (TPSA) is 80.9 Å². The summed E-state index contributed by atoms with van der Waals surface area (Å²) >= 11 is 0. The largest absolute Gasteiger partial charge is 0.416 e. The van der Waals surface area contributed by atoms with Gasteiger partial charge in [0.15, 0.2) is 0 Å². The molecule has 12 heteroatoms. The zero-order valence-electron chi connectivity index (χ0n) is 16.7. The Labute approximate surface area is 182 Å². The third-order valence-corrected chi connectivity index (χ3v) is 4.66. The molecule has 0 radical (unpaired) electrons. The highest BCUT2D eigenvalue weighted by Gasteiger charge is 2.38. The Morgan fingerprint density at radius 3 is 2.18 bits per heavy atom. The average Bonchev–Trinajstić information content (AvgIpc) is 2.72. The number of rotatable bonds is 4. The number of alkyl halides is 6. The second-order valence-electron chi connectivity index (χ2n) is 7.02. The molecule has 0 bridgehead atoms. The highest BCUT2D eigenvalue weighted by molar-refractivity contribution is 6.01. The average molecular weight is 472 g/mol. The Morgan fingerprint density at radius 1 is 0.970 bits per heavy atom. The predicted octanol–water partition coefficient (Wildman–Crippen LogP) is 5.23. The third-order valence-electron chi connectivity index (χ3n) is 4.66. The summed E-state index contributed by atoms with van der Waals surface area (Å²) < 4.78 is 92.7. The summed E-state index contributed by atoms with van der Waals surface area (Å²) in [7, 11) is 0. The van der Waals surface area contributed by atoms with Crippen molar-refractivity contribution in [1.29, 1.82) is 0 Å². The normalized spacial score (nSPS) is 13.0. The number of hydrogen-bond acceptors (Lipinski definition) is 4. The third kappa shape index (κ3) is 5.38. The molecule has 0 fully saturated rings. The second-order valence-corrected chi connectivity index (χ2v) is 7.02. The van der Waals surface area contributed by atoms with Crippen LogP contribution in [0.2, 0.25) is 0 Å². The van der Waals surface area contributed by atoms with Crippen LogP contribution in [0.3, 0.4) is 0 Å². The molecule has 3 aromatic rings. The first-order chi connectivity index (χ1) is 15.3. The highest BCUT2D eigenvalue weighted by Crippen LogP contribution is 2.35. The van der Waals surface area contributed by atoms with Crippen molar-refractivity contribution in [1.82, 2.24) is 15.3 Å². The predicted molar refractivity (Wildman–Crippen MR) is 105 cm³/mol. The van der Waals surface area contributed by atoms with Crippen LogP contribution in [-0.4, -0.2) is 28.1 Å². The van der Waals surface area contributed by atoms with Gasteiger partial charge in [-0.25, -0.2) is 9.37 Å². The van der Waals surface area contributed by atoms with Crippen LogP contribution in [-0.2, 0) is 6.18 Å². The number of aromatic nitrogens is 2. The van der Waals surface area contributed by atoms with E-state index in [0.717, 1.165) is 12.1 Å². The maximum atomic E-state index is 14.8. The van der Waals surface area contributed by atoms with Crippen molar-refractivity contribution in [3.05, 3.63) is 65.7 Å². The van der Waals surface area contributed by atoms with E-state index in [1.54, 1.807) is 5.32 Å². The number of carbonyl (C=O) groups excluding carboxylic acids is 1. The number of halogens is 7. The van der Waals surface area contributed by atoms with Gasteiger partial charge in [0.2, 0.25) is 0 Å². The van der Waals surface area contributed by atoms with Crippen LogP contribution in [0, 0.1) is 5.82 Å². The van der Waals surface area contributed by atoms with Gasteiger partial charge in [0.25, 0.3) is 5.91 Å².